The van der Waals surface area contributed by atoms with E-state index in [1.165, 1.54) is 30.6 Å². The molecule has 0 radical (unpaired) electrons. The Hall–Kier alpha value is -2.54. The zero-order valence-corrected chi connectivity index (χ0v) is 13.4. The average molecular weight is 331 g/mol. The molecule has 0 fully saturated rings. The van der Waals surface area contributed by atoms with Crippen LogP contribution in [-0.4, -0.2) is 30.1 Å². The molecule has 0 spiro atoms. The van der Waals surface area contributed by atoms with E-state index in [0.717, 1.165) is 5.69 Å². The van der Waals surface area contributed by atoms with Crippen molar-refractivity contribution in [1.29, 1.82) is 0 Å². The van der Waals surface area contributed by atoms with Crippen LogP contribution in [0, 0.1) is 5.82 Å². The van der Waals surface area contributed by atoms with Crippen molar-refractivity contribution in [2.75, 3.05) is 19.1 Å². The summed E-state index contributed by atoms with van der Waals surface area (Å²) in [6, 6.07) is 5.88. The van der Waals surface area contributed by atoms with Crippen LogP contribution in [0.4, 0.5) is 10.2 Å². The maximum atomic E-state index is 13.4. The molecule has 0 saturated heterocycles. The molecule has 7 heteroatoms. The summed E-state index contributed by atoms with van der Waals surface area (Å²) in [5.41, 5.74) is 3.54. The highest BCUT2D eigenvalue weighted by Gasteiger charge is 2.19. The van der Waals surface area contributed by atoms with Crippen molar-refractivity contribution in [1.82, 2.24) is 9.97 Å². The van der Waals surface area contributed by atoms with E-state index < -0.39 is 5.97 Å². The number of benzene rings is 1. The first-order valence-electron chi connectivity index (χ1n) is 6.85. The van der Waals surface area contributed by atoms with Gasteiger partial charge in [0.1, 0.15) is 17.2 Å². The Morgan fingerprint density at radius 2 is 2.22 bits per heavy atom. The summed E-state index contributed by atoms with van der Waals surface area (Å²) in [5.74, 6) is -0.411. The van der Waals surface area contributed by atoms with E-state index in [9.17, 15) is 9.18 Å². The number of carbonyl (C=O) groups excluding carboxylic acids is 1. The Balaban J connectivity index is 2.08. The van der Waals surface area contributed by atoms with Gasteiger partial charge in [0.2, 0.25) is 0 Å². The highest BCUT2D eigenvalue weighted by molar-refractivity contribution is 7.07. The number of halogens is 1. The van der Waals surface area contributed by atoms with E-state index in [1.807, 2.05) is 17.3 Å². The molecule has 0 bridgehead atoms. The molecule has 3 aromatic rings. The number of carbonyl (C=O) groups is 1. The van der Waals surface area contributed by atoms with Gasteiger partial charge in [-0.05, 0) is 24.3 Å². The highest BCUT2D eigenvalue weighted by atomic mass is 32.1. The first-order valence-corrected chi connectivity index (χ1v) is 7.79. The van der Waals surface area contributed by atoms with Gasteiger partial charge in [0, 0.05) is 17.8 Å². The Kier molecular flexibility index (Phi) is 4.20. The van der Waals surface area contributed by atoms with E-state index in [0.29, 0.717) is 28.8 Å². The zero-order valence-electron chi connectivity index (χ0n) is 12.6. The van der Waals surface area contributed by atoms with Crippen molar-refractivity contribution < 1.29 is 13.9 Å². The fourth-order valence-corrected chi connectivity index (χ4v) is 2.87. The second-order valence-corrected chi connectivity index (χ2v) is 5.74. The lowest BCUT2D eigenvalue weighted by atomic mass is 10.1. The number of nitrogens with zero attached hydrogens (tertiary/aromatic N) is 3. The number of fused-ring (bicyclic) bond motifs is 1. The van der Waals surface area contributed by atoms with E-state index in [-0.39, 0.29) is 5.82 Å². The minimum Gasteiger partial charge on any atom is -0.465 e. The fourth-order valence-electron chi connectivity index (χ4n) is 2.32. The van der Waals surface area contributed by atoms with E-state index in [2.05, 4.69) is 9.97 Å². The standard InChI is InChI=1S/C16H14FN3O2S/c1-20(7-12-8-23-9-18-12)15-13(16(21)22-2)6-10-5-11(17)3-4-14(10)19-15/h3-6,8-9H,7H2,1-2H3. The molecule has 5 nitrogen and oxygen atoms in total. The molecule has 0 amide bonds. The van der Waals surface area contributed by atoms with Crippen LogP contribution in [0.1, 0.15) is 16.1 Å². The number of rotatable bonds is 4. The average Bonchev–Trinajstić information content (AvgIpc) is 3.05. The summed E-state index contributed by atoms with van der Waals surface area (Å²) in [5, 5.41) is 2.49. The molecule has 3 rings (SSSR count). The minimum atomic E-state index is -0.510. The molecule has 0 aliphatic heterocycles. The van der Waals surface area contributed by atoms with Gasteiger partial charge in [0.05, 0.1) is 30.4 Å². The summed E-state index contributed by atoms with van der Waals surface area (Å²) in [7, 11) is 3.13. The SMILES string of the molecule is COC(=O)c1cc2cc(F)ccc2nc1N(C)Cc1cscn1. The number of methoxy groups -OCH3 is 1. The van der Waals surface area contributed by atoms with Gasteiger partial charge in [-0.1, -0.05) is 0 Å². The van der Waals surface area contributed by atoms with Crippen molar-refractivity contribution in [2.24, 2.45) is 0 Å². The van der Waals surface area contributed by atoms with Crippen LogP contribution >= 0.6 is 11.3 Å². The van der Waals surface area contributed by atoms with Gasteiger partial charge in [0.15, 0.2) is 0 Å². The third kappa shape index (κ3) is 3.14. The Morgan fingerprint density at radius 3 is 2.91 bits per heavy atom. The highest BCUT2D eigenvalue weighted by Crippen LogP contribution is 2.25. The lowest BCUT2D eigenvalue weighted by Crippen LogP contribution is -2.21. The molecule has 0 aliphatic rings. The van der Waals surface area contributed by atoms with Gasteiger partial charge in [-0.15, -0.1) is 11.3 Å². The number of esters is 1. The van der Waals surface area contributed by atoms with Crippen molar-refractivity contribution >= 4 is 34.0 Å². The number of anilines is 1. The molecule has 0 aliphatic carbocycles. The Morgan fingerprint density at radius 1 is 1.39 bits per heavy atom. The van der Waals surface area contributed by atoms with Crippen molar-refractivity contribution in [3.05, 3.63) is 52.2 Å². The molecule has 2 heterocycles. The van der Waals surface area contributed by atoms with Gasteiger partial charge in [-0.2, -0.15) is 0 Å². The van der Waals surface area contributed by atoms with Gasteiger partial charge in [-0.25, -0.2) is 19.2 Å². The van der Waals surface area contributed by atoms with E-state index >= 15 is 0 Å². The monoisotopic (exact) mass is 331 g/mol. The zero-order chi connectivity index (χ0) is 16.4. The Bertz CT molecular complexity index is 852. The molecule has 2 aromatic heterocycles. The number of pyridine rings is 1. The van der Waals surface area contributed by atoms with Gasteiger partial charge < -0.3 is 9.64 Å². The van der Waals surface area contributed by atoms with Crippen LogP contribution < -0.4 is 4.90 Å². The minimum absolute atomic E-state index is 0.295. The topological polar surface area (TPSA) is 55.3 Å². The molecule has 0 saturated carbocycles. The molecule has 23 heavy (non-hydrogen) atoms. The summed E-state index contributed by atoms with van der Waals surface area (Å²) in [4.78, 5) is 22.6. The second-order valence-electron chi connectivity index (χ2n) is 5.02. The van der Waals surface area contributed by atoms with Crippen LogP contribution in [0.2, 0.25) is 0 Å². The first-order chi connectivity index (χ1) is 11.1. The molecule has 0 unspecified atom stereocenters. The normalized spacial score (nSPS) is 10.7. The van der Waals surface area contributed by atoms with E-state index in [4.69, 9.17) is 4.74 Å². The van der Waals surface area contributed by atoms with Crippen LogP contribution in [0.5, 0.6) is 0 Å². The van der Waals surface area contributed by atoms with Crippen LogP contribution in [0.3, 0.4) is 0 Å². The largest absolute Gasteiger partial charge is 0.465 e. The van der Waals surface area contributed by atoms with Crippen LogP contribution in [0.15, 0.2) is 35.2 Å². The second kappa shape index (κ2) is 6.29. The van der Waals surface area contributed by atoms with Gasteiger partial charge >= 0.3 is 5.97 Å². The molecule has 1 aromatic carbocycles. The maximum Gasteiger partial charge on any atom is 0.341 e. The summed E-state index contributed by atoms with van der Waals surface area (Å²) >= 11 is 1.50. The third-order valence-electron chi connectivity index (χ3n) is 3.41. The molecule has 0 N–H and O–H groups in total. The van der Waals surface area contributed by atoms with Gasteiger partial charge in [-0.3, -0.25) is 0 Å². The summed E-state index contributed by atoms with van der Waals surface area (Å²) in [6.07, 6.45) is 0. The van der Waals surface area contributed by atoms with Crippen molar-refractivity contribution in [3.8, 4) is 0 Å². The van der Waals surface area contributed by atoms with Crippen LogP contribution in [0.25, 0.3) is 10.9 Å². The van der Waals surface area contributed by atoms with Gasteiger partial charge in [0.25, 0.3) is 0 Å². The molecular formula is C16H14FN3O2S. The van der Waals surface area contributed by atoms with Crippen molar-refractivity contribution in [3.63, 3.8) is 0 Å². The Labute approximate surface area is 136 Å². The van der Waals surface area contributed by atoms with Crippen molar-refractivity contribution in [2.45, 2.75) is 6.54 Å². The molecular weight excluding hydrogens is 317 g/mol. The third-order valence-corrected chi connectivity index (χ3v) is 4.04. The lowest BCUT2D eigenvalue weighted by Gasteiger charge is -2.20. The summed E-state index contributed by atoms with van der Waals surface area (Å²) in [6.45, 7) is 0.507. The predicted molar refractivity (Wildman–Crippen MR) is 87.3 cm³/mol. The number of hydrogen-bond donors (Lipinski definition) is 0. The molecule has 118 valence electrons. The maximum absolute atomic E-state index is 13.4. The first kappa shape index (κ1) is 15.4. The number of aromatic nitrogens is 2. The lowest BCUT2D eigenvalue weighted by molar-refractivity contribution is 0.0601. The van der Waals surface area contributed by atoms with Crippen LogP contribution in [-0.2, 0) is 11.3 Å². The quantitative estimate of drug-likeness (QED) is 0.687. The number of thiazole rings is 1. The number of hydrogen-bond acceptors (Lipinski definition) is 6. The fraction of sp³-hybridized carbons (Fsp3) is 0.188. The smallest absolute Gasteiger partial charge is 0.341 e. The molecule has 0 atom stereocenters. The predicted octanol–water partition coefficient (Wildman–Crippen LogP) is 3.25. The summed E-state index contributed by atoms with van der Waals surface area (Å²) < 4.78 is 18.2. The van der Waals surface area contributed by atoms with E-state index in [1.54, 1.807) is 17.6 Å². The number of ether oxygens (including phenoxy) is 1.